The van der Waals surface area contributed by atoms with Crippen LogP contribution in [0.25, 0.3) is 0 Å². The Kier molecular flexibility index (Phi) is 6.34. The molecule has 0 saturated carbocycles. The quantitative estimate of drug-likeness (QED) is 0.772. The van der Waals surface area contributed by atoms with Crippen LogP contribution in [0.2, 0.25) is 0 Å². The summed E-state index contributed by atoms with van der Waals surface area (Å²) in [7, 11) is 1.60. The Morgan fingerprint density at radius 3 is 2.88 bits per heavy atom. The molecule has 1 aliphatic rings. The zero-order valence-corrected chi connectivity index (χ0v) is 14.8. The number of benzene rings is 1. The Labute approximate surface area is 152 Å². The number of hydrogen-bond acceptors (Lipinski definition) is 7. The van der Waals surface area contributed by atoms with Crippen LogP contribution in [0.15, 0.2) is 36.7 Å². The molecule has 2 aromatic rings. The Bertz CT molecular complexity index is 734. The Balaban J connectivity index is 1.56. The van der Waals surface area contributed by atoms with E-state index in [0.717, 1.165) is 38.5 Å². The number of carbonyl (C=O) groups excluding carboxylic acids is 1. The van der Waals surface area contributed by atoms with Crippen molar-refractivity contribution in [1.29, 1.82) is 0 Å². The molecule has 8 nitrogen and oxygen atoms in total. The van der Waals surface area contributed by atoms with Gasteiger partial charge in [-0.25, -0.2) is 9.97 Å². The summed E-state index contributed by atoms with van der Waals surface area (Å²) in [6.45, 7) is 4.66. The number of nitrogens with one attached hydrogen (secondary N) is 2. The van der Waals surface area contributed by atoms with Gasteiger partial charge in [0, 0.05) is 32.2 Å². The van der Waals surface area contributed by atoms with Gasteiger partial charge in [0.05, 0.1) is 26.0 Å². The molecule has 1 aliphatic heterocycles. The van der Waals surface area contributed by atoms with Crippen LogP contribution >= 0.6 is 0 Å². The molecule has 2 heterocycles. The Hall–Kier alpha value is -2.71. The fraction of sp³-hybridized carbons (Fsp3) is 0.389. The first-order valence-electron chi connectivity index (χ1n) is 8.56. The van der Waals surface area contributed by atoms with Gasteiger partial charge in [-0.1, -0.05) is 12.1 Å². The monoisotopic (exact) mass is 357 g/mol. The minimum absolute atomic E-state index is 0.219. The first-order valence-corrected chi connectivity index (χ1v) is 8.56. The van der Waals surface area contributed by atoms with Gasteiger partial charge in [0.25, 0.3) is 5.91 Å². The fourth-order valence-electron chi connectivity index (χ4n) is 2.68. The first kappa shape index (κ1) is 18.1. The highest BCUT2D eigenvalue weighted by atomic mass is 16.5. The summed E-state index contributed by atoms with van der Waals surface area (Å²) in [5.74, 6) is 1.01. The van der Waals surface area contributed by atoms with Crippen molar-refractivity contribution in [2.45, 2.75) is 0 Å². The zero-order chi connectivity index (χ0) is 18.2. The number of methoxy groups -OCH3 is 1. The lowest BCUT2D eigenvalue weighted by molar-refractivity contribution is 0.0383. The topological polar surface area (TPSA) is 88.6 Å². The van der Waals surface area contributed by atoms with Gasteiger partial charge < -0.3 is 20.1 Å². The van der Waals surface area contributed by atoms with E-state index in [1.165, 1.54) is 6.33 Å². The second kappa shape index (κ2) is 9.12. The number of para-hydroxylation sites is 2. The first-order chi connectivity index (χ1) is 12.8. The lowest BCUT2D eigenvalue weighted by Gasteiger charge is -2.26. The Morgan fingerprint density at radius 2 is 2.08 bits per heavy atom. The second-order valence-electron chi connectivity index (χ2n) is 5.82. The number of anilines is 2. The van der Waals surface area contributed by atoms with Gasteiger partial charge in [0.2, 0.25) is 0 Å². The highest BCUT2D eigenvalue weighted by Crippen LogP contribution is 2.26. The predicted molar refractivity (Wildman–Crippen MR) is 97.9 cm³/mol. The molecule has 0 unspecified atom stereocenters. The van der Waals surface area contributed by atoms with Crippen LogP contribution in [-0.2, 0) is 4.74 Å². The number of rotatable bonds is 7. The van der Waals surface area contributed by atoms with Crippen LogP contribution in [0, 0.1) is 0 Å². The summed E-state index contributed by atoms with van der Waals surface area (Å²) in [5.41, 5.74) is 1.09. The molecule has 1 aromatic heterocycles. The van der Waals surface area contributed by atoms with E-state index in [1.54, 1.807) is 13.2 Å². The minimum atomic E-state index is -0.219. The minimum Gasteiger partial charge on any atom is -0.495 e. The summed E-state index contributed by atoms with van der Waals surface area (Å²) < 4.78 is 10.6. The molecule has 138 valence electrons. The molecular formula is C18H23N5O3. The average Bonchev–Trinajstić information content (AvgIpc) is 2.69. The molecule has 0 aliphatic carbocycles. The number of hydrogen-bond donors (Lipinski definition) is 2. The van der Waals surface area contributed by atoms with Gasteiger partial charge in [-0.15, -0.1) is 0 Å². The van der Waals surface area contributed by atoms with Crippen LogP contribution in [0.3, 0.4) is 0 Å². The second-order valence-corrected chi connectivity index (χ2v) is 5.82. The van der Waals surface area contributed by atoms with Crippen LogP contribution in [0.5, 0.6) is 5.75 Å². The van der Waals surface area contributed by atoms with Crippen molar-refractivity contribution in [3.8, 4) is 5.75 Å². The van der Waals surface area contributed by atoms with Crippen molar-refractivity contribution >= 4 is 17.4 Å². The molecule has 2 N–H and O–H groups in total. The molecule has 26 heavy (non-hydrogen) atoms. The van der Waals surface area contributed by atoms with Crippen LogP contribution in [0.4, 0.5) is 11.5 Å². The van der Waals surface area contributed by atoms with E-state index in [-0.39, 0.29) is 5.91 Å². The van der Waals surface area contributed by atoms with Crippen molar-refractivity contribution in [2.24, 2.45) is 0 Å². The van der Waals surface area contributed by atoms with Crippen LogP contribution in [-0.4, -0.2) is 67.3 Å². The molecule has 1 saturated heterocycles. The fourth-order valence-corrected chi connectivity index (χ4v) is 2.68. The third kappa shape index (κ3) is 4.90. The highest BCUT2D eigenvalue weighted by Gasteiger charge is 2.12. The molecular weight excluding hydrogens is 334 g/mol. The van der Waals surface area contributed by atoms with Gasteiger partial charge in [0.1, 0.15) is 23.6 Å². The highest BCUT2D eigenvalue weighted by molar-refractivity contribution is 5.93. The maximum atomic E-state index is 12.3. The number of morpholine rings is 1. The number of aromatic nitrogens is 2. The zero-order valence-electron chi connectivity index (χ0n) is 14.8. The maximum Gasteiger partial charge on any atom is 0.270 e. The van der Waals surface area contributed by atoms with Crippen molar-refractivity contribution in [3.05, 3.63) is 42.4 Å². The standard InChI is InChI=1S/C18H23N5O3/c1-25-16-5-3-2-4-14(16)22-17-12-15(20-13-21-17)18(24)19-6-7-23-8-10-26-11-9-23/h2-5,12-13H,6-11H2,1H3,(H,19,24)(H,20,21,22). The van der Waals surface area contributed by atoms with E-state index in [9.17, 15) is 4.79 Å². The molecule has 8 heteroatoms. The summed E-state index contributed by atoms with van der Waals surface area (Å²) in [6, 6.07) is 9.13. The molecule has 3 rings (SSSR count). The molecule has 1 amide bonds. The number of nitrogens with zero attached hydrogens (tertiary/aromatic N) is 3. The summed E-state index contributed by atoms with van der Waals surface area (Å²) >= 11 is 0. The van der Waals surface area contributed by atoms with Crippen LogP contribution < -0.4 is 15.4 Å². The third-order valence-corrected chi connectivity index (χ3v) is 4.09. The van der Waals surface area contributed by atoms with Gasteiger partial charge in [0.15, 0.2) is 0 Å². The van der Waals surface area contributed by atoms with Gasteiger partial charge in [-0.2, -0.15) is 0 Å². The lowest BCUT2D eigenvalue weighted by atomic mass is 10.3. The van der Waals surface area contributed by atoms with E-state index in [2.05, 4.69) is 25.5 Å². The summed E-state index contributed by atoms with van der Waals surface area (Å²) in [5, 5.41) is 6.04. The largest absolute Gasteiger partial charge is 0.495 e. The van der Waals surface area contributed by atoms with E-state index < -0.39 is 0 Å². The molecule has 1 fully saturated rings. The summed E-state index contributed by atoms with van der Waals surface area (Å²) in [4.78, 5) is 22.8. The van der Waals surface area contributed by atoms with Crippen molar-refractivity contribution in [2.75, 3.05) is 51.8 Å². The molecule has 0 radical (unpaired) electrons. The molecule has 0 spiro atoms. The van der Waals surface area contributed by atoms with Crippen LogP contribution in [0.1, 0.15) is 10.5 Å². The SMILES string of the molecule is COc1ccccc1Nc1cc(C(=O)NCCN2CCOCC2)ncn1. The van der Waals surface area contributed by atoms with E-state index in [1.807, 2.05) is 24.3 Å². The molecule has 0 atom stereocenters. The maximum absolute atomic E-state index is 12.3. The number of ether oxygens (including phenoxy) is 2. The smallest absolute Gasteiger partial charge is 0.270 e. The van der Waals surface area contributed by atoms with Crippen molar-refractivity contribution in [3.63, 3.8) is 0 Å². The average molecular weight is 357 g/mol. The van der Waals surface area contributed by atoms with Crippen molar-refractivity contribution in [1.82, 2.24) is 20.2 Å². The van der Waals surface area contributed by atoms with Gasteiger partial charge >= 0.3 is 0 Å². The lowest BCUT2D eigenvalue weighted by Crippen LogP contribution is -2.41. The molecule has 0 bridgehead atoms. The third-order valence-electron chi connectivity index (χ3n) is 4.09. The van der Waals surface area contributed by atoms with Crippen molar-refractivity contribution < 1.29 is 14.3 Å². The normalized spacial score (nSPS) is 14.7. The molecule has 1 aromatic carbocycles. The number of amides is 1. The van der Waals surface area contributed by atoms with E-state index >= 15 is 0 Å². The summed E-state index contributed by atoms with van der Waals surface area (Å²) in [6.07, 6.45) is 1.37. The van der Waals surface area contributed by atoms with E-state index in [4.69, 9.17) is 9.47 Å². The predicted octanol–water partition coefficient (Wildman–Crippen LogP) is 1.29. The number of carbonyl (C=O) groups is 1. The van der Waals surface area contributed by atoms with E-state index in [0.29, 0.717) is 23.8 Å². The van der Waals surface area contributed by atoms with Gasteiger partial charge in [-0.3, -0.25) is 9.69 Å². The Morgan fingerprint density at radius 1 is 1.27 bits per heavy atom. The van der Waals surface area contributed by atoms with Gasteiger partial charge in [-0.05, 0) is 12.1 Å².